The van der Waals surface area contributed by atoms with E-state index in [1.165, 1.54) is 0 Å². The second kappa shape index (κ2) is 5.36. The zero-order chi connectivity index (χ0) is 9.61. The first-order chi connectivity index (χ1) is 5.52. The van der Waals surface area contributed by atoms with Crippen LogP contribution in [0.25, 0.3) is 0 Å². The van der Waals surface area contributed by atoms with Crippen molar-refractivity contribution in [3.8, 4) is 0 Å². The summed E-state index contributed by atoms with van der Waals surface area (Å²) in [7, 11) is 3.44. The first-order valence-electron chi connectivity index (χ1n) is 4.33. The molecule has 70 valence electrons. The average molecular weight is 170 g/mol. The molecule has 0 bridgehead atoms. The summed E-state index contributed by atoms with van der Waals surface area (Å²) in [5.74, 6) is 1.89. The molecule has 12 heavy (non-hydrogen) atoms. The standard InChI is InChI=1S/C9H19BO2/c1-6-10-12-9(3,4)7-8(2)11-5/h6,8H,7H2,1-5H3. The quantitative estimate of drug-likeness (QED) is 0.584. The summed E-state index contributed by atoms with van der Waals surface area (Å²) in [6.07, 6.45) is 1.14. The fourth-order valence-corrected chi connectivity index (χ4v) is 1.08. The molecule has 0 aromatic rings. The predicted molar refractivity (Wildman–Crippen MR) is 53.7 cm³/mol. The molecule has 0 saturated carbocycles. The van der Waals surface area contributed by atoms with E-state index >= 15 is 0 Å². The molecule has 0 spiro atoms. The Morgan fingerprint density at radius 3 is 2.50 bits per heavy atom. The summed E-state index contributed by atoms with van der Waals surface area (Å²) < 4.78 is 10.7. The fraction of sp³-hybridized carbons (Fsp3) is 0.889. The maximum absolute atomic E-state index is 5.49. The van der Waals surface area contributed by atoms with Gasteiger partial charge in [0.15, 0.2) is 0 Å². The van der Waals surface area contributed by atoms with E-state index in [4.69, 9.17) is 9.39 Å². The Morgan fingerprint density at radius 2 is 2.08 bits per heavy atom. The SMILES string of the molecule is C/C=B/OC(C)(C)CC(C)OC. The Hall–Kier alpha value is -0.305. The predicted octanol–water partition coefficient (Wildman–Crippen LogP) is 1.65. The molecule has 0 rings (SSSR count). The molecule has 0 aliphatic carbocycles. The van der Waals surface area contributed by atoms with Crippen molar-refractivity contribution in [1.82, 2.24) is 0 Å². The molecule has 0 aliphatic heterocycles. The van der Waals surface area contributed by atoms with Crippen LogP contribution in [0.1, 0.15) is 34.1 Å². The summed E-state index contributed by atoms with van der Waals surface area (Å²) in [6, 6.07) is 0. The molecule has 1 atom stereocenters. The summed E-state index contributed by atoms with van der Waals surface area (Å²) in [4.78, 5) is 0. The number of methoxy groups -OCH3 is 1. The van der Waals surface area contributed by atoms with Crippen LogP contribution in [0.2, 0.25) is 0 Å². The molecular weight excluding hydrogens is 151 g/mol. The van der Waals surface area contributed by atoms with Crippen LogP contribution < -0.4 is 0 Å². The van der Waals surface area contributed by atoms with Crippen molar-refractivity contribution < 1.29 is 9.39 Å². The third-order valence-electron chi connectivity index (χ3n) is 1.70. The summed E-state index contributed by atoms with van der Waals surface area (Å²) in [5, 5.41) is 0. The van der Waals surface area contributed by atoms with Gasteiger partial charge in [0.1, 0.15) is 0 Å². The molecule has 0 N–H and O–H groups in total. The van der Waals surface area contributed by atoms with Gasteiger partial charge < -0.3 is 0 Å². The van der Waals surface area contributed by atoms with Gasteiger partial charge in [-0.25, -0.2) is 0 Å². The van der Waals surface area contributed by atoms with Gasteiger partial charge in [0, 0.05) is 0 Å². The van der Waals surface area contributed by atoms with Crippen LogP contribution in [-0.4, -0.2) is 31.9 Å². The molecule has 0 fully saturated rings. The minimum atomic E-state index is -0.137. The van der Waals surface area contributed by atoms with Crippen LogP contribution in [0.4, 0.5) is 0 Å². The van der Waals surface area contributed by atoms with Crippen LogP contribution in [0, 0.1) is 0 Å². The van der Waals surface area contributed by atoms with Gasteiger partial charge in [0.05, 0.1) is 0 Å². The second-order valence-corrected chi connectivity index (χ2v) is 3.60. The van der Waals surface area contributed by atoms with E-state index < -0.39 is 0 Å². The minimum absolute atomic E-state index is 0.137. The monoisotopic (exact) mass is 170 g/mol. The molecule has 0 heterocycles. The van der Waals surface area contributed by atoms with E-state index in [0.29, 0.717) is 0 Å². The van der Waals surface area contributed by atoms with Gasteiger partial charge >= 0.3 is 75.4 Å². The third kappa shape index (κ3) is 5.36. The fourth-order valence-electron chi connectivity index (χ4n) is 1.08. The van der Waals surface area contributed by atoms with Gasteiger partial charge in [0.25, 0.3) is 0 Å². The normalized spacial score (nSPS) is 14.4. The molecule has 2 nitrogen and oxygen atoms in total. The molecule has 0 aliphatic rings. The summed E-state index contributed by atoms with van der Waals surface area (Å²) >= 11 is 0. The number of rotatable bonds is 5. The average Bonchev–Trinajstić information content (AvgIpc) is 2.00. The first kappa shape index (κ1) is 11.7. The Bertz CT molecular complexity index is 143. The number of ether oxygens (including phenoxy) is 1. The van der Waals surface area contributed by atoms with Gasteiger partial charge in [-0.2, -0.15) is 0 Å². The first-order valence-corrected chi connectivity index (χ1v) is 4.33. The van der Waals surface area contributed by atoms with Crippen molar-refractivity contribution in [2.45, 2.75) is 45.8 Å². The summed E-state index contributed by atoms with van der Waals surface area (Å²) in [5.41, 5.74) is -0.137. The number of hydrogen-bond donors (Lipinski definition) is 0. The Balaban J connectivity index is 3.85. The molecule has 0 radical (unpaired) electrons. The molecule has 0 aromatic heterocycles. The summed E-state index contributed by atoms with van der Waals surface area (Å²) in [6.45, 7) is 8.10. The van der Waals surface area contributed by atoms with Crippen molar-refractivity contribution in [2.24, 2.45) is 0 Å². The van der Waals surface area contributed by atoms with Gasteiger partial charge in [-0.1, -0.05) is 0 Å². The van der Waals surface area contributed by atoms with E-state index in [9.17, 15) is 0 Å². The van der Waals surface area contributed by atoms with E-state index in [-0.39, 0.29) is 11.7 Å². The van der Waals surface area contributed by atoms with Gasteiger partial charge in [0.2, 0.25) is 0 Å². The van der Waals surface area contributed by atoms with E-state index in [0.717, 1.165) is 6.42 Å². The zero-order valence-corrected chi connectivity index (χ0v) is 8.76. The van der Waals surface area contributed by atoms with Crippen LogP contribution in [0.15, 0.2) is 0 Å². The molecule has 0 aromatic carbocycles. The zero-order valence-electron chi connectivity index (χ0n) is 8.76. The van der Waals surface area contributed by atoms with Gasteiger partial charge in [-0.15, -0.1) is 0 Å². The molecule has 1 unspecified atom stereocenters. The Morgan fingerprint density at radius 1 is 1.50 bits per heavy atom. The maximum atomic E-state index is 5.49. The molecule has 0 saturated heterocycles. The molecular formula is C9H19BO2. The third-order valence-corrected chi connectivity index (χ3v) is 1.70. The van der Waals surface area contributed by atoms with Crippen LogP contribution >= 0.6 is 0 Å². The Labute approximate surface area is 76.2 Å². The van der Waals surface area contributed by atoms with Gasteiger partial charge in [-0.05, 0) is 0 Å². The van der Waals surface area contributed by atoms with Crippen LogP contribution in [0.5, 0.6) is 0 Å². The van der Waals surface area contributed by atoms with Crippen LogP contribution in [0.3, 0.4) is 0 Å². The van der Waals surface area contributed by atoms with Gasteiger partial charge in [-0.3, -0.25) is 0 Å². The van der Waals surface area contributed by atoms with Crippen molar-refractivity contribution in [2.75, 3.05) is 7.11 Å². The van der Waals surface area contributed by atoms with E-state index in [1.807, 2.05) is 19.8 Å². The topological polar surface area (TPSA) is 18.5 Å². The molecule has 0 amide bonds. The van der Waals surface area contributed by atoms with Crippen molar-refractivity contribution in [1.29, 1.82) is 0 Å². The Kier molecular flexibility index (Phi) is 5.22. The van der Waals surface area contributed by atoms with Crippen LogP contribution in [-0.2, 0) is 9.39 Å². The van der Waals surface area contributed by atoms with Crippen molar-refractivity contribution in [3.05, 3.63) is 0 Å². The van der Waals surface area contributed by atoms with Crippen molar-refractivity contribution >= 4 is 13.1 Å². The second-order valence-electron chi connectivity index (χ2n) is 3.60. The van der Waals surface area contributed by atoms with Crippen molar-refractivity contribution in [3.63, 3.8) is 0 Å². The number of hydrogen-bond acceptors (Lipinski definition) is 2. The van der Waals surface area contributed by atoms with E-state index in [2.05, 4.69) is 13.8 Å². The van der Waals surface area contributed by atoms with E-state index in [1.54, 1.807) is 14.2 Å². The molecule has 3 heteroatoms.